The third-order valence-corrected chi connectivity index (χ3v) is 12.2. The molecule has 1 nitrogen and oxygen atoms in total. The zero-order valence-electron chi connectivity index (χ0n) is 21.9. The van der Waals surface area contributed by atoms with Gasteiger partial charge in [-0.25, -0.2) is 0 Å². The van der Waals surface area contributed by atoms with Crippen molar-refractivity contribution in [3.05, 3.63) is 12.2 Å². The lowest BCUT2D eigenvalue weighted by Crippen LogP contribution is -2.63. The maximum atomic E-state index is 10.8. The van der Waals surface area contributed by atoms with Crippen LogP contribution in [0, 0.1) is 51.2 Å². The first-order valence-electron chi connectivity index (χ1n) is 13.7. The summed E-state index contributed by atoms with van der Waals surface area (Å²) < 4.78 is 0. The average Bonchev–Trinajstić information content (AvgIpc) is 3.03. The van der Waals surface area contributed by atoms with Crippen LogP contribution in [0.5, 0.6) is 0 Å². The van der Waals surface area contributed by atoms with E-state index in [9.17, 15) is 5.11 Å². The van der Waals surface area contributed by atoms with Gasteiger partial charge < -0.3 is 5.11 Å². The van der Waals surface area contributed by atoms with E-state index in [1.54, 1.807) is 5.57 Å². The van der Waals surface area contributed by atoms with Gasteiger partial charge in [0, 0.05) is 0 Å². The van der Waals surface area contributed by atoms with E-state index in [2.05, 4.69) is 55.0 Å². The molecule has 0 saturated heterocycles. The Bertz CT molecular complexity index is 691. The van der Waals surface area contributed by atoms with Gasteiger partial charge in [0.05, 0.1) is 6.10 Å². The Kier molecular flexibility index (Phi) is 6.07. The highest BCUT2D eigenvalue weighted by Gasteiger charge is 2.68. The van der Waals surface area contributed by atoms with Crippen LogP contribution in [0.25, 0.3) is 0 Å². The van der Waals surface area contributed by atoms with Gasteiger partial charge in [-0.1, -0.05) is 67.0 Å². The zero-order chi connectivity index (χ0) is 22.8. The Morgan fingerprint density at radius 1 is 0.871 bits per heavy atom. The molecule has 4 aliphatic carbocycles. The molecule has 0 aliphatic heterocycles. The summed E-state index contributed by atoms with van der Waals surface area (Å²) in [6, 6.07) is 0. The van der Waals surface area contributed by atoms with Crippen molar-refractivity contribution in [1.29, 1.82) is 0 Å². The van der Waals surface area contributed by atoms with Gasteiger partial charge in [-0.05, 0) is 115 Å². The van der Waals surface area contributed by atoms with Crippen LogP contribution in [-0.2, 0) is 0 Å². The Hall–Kier alpha value is -0.300. The Morgan fingerprint density at radius 3 is 2.23 bits per heavy atom. The fraction of sp³-hybridized carbons (Fsp3) is 0.933. The van der Waals surface area contributed by atoms with Crippen LogP contribution >= 0.6 is 0 Å². The minimum absolute atomic E-state index is 0.0645. The first-order valence-corrected chi connectivity index (χ1v) is 13.7. The Balaban J connectivity index is 1.57. The molecule has 4 saturated carbocycles. The summed E-state index contributed by atoms with van der Waals surface area (Å²) in [5, 5.41) is 10.8. The van der Waals surface area contributed by atoms with Crippen LogP contribution in [0.15, 0.2) is 12.2 Å². The molecule has 0 bridgehead atoms. The summed E-state index contributed by atoms with van der Waals surface area (Å²) in [7, 11) is 0. The van der Waals surface area contributed by atoms with Gasteiger partial charge in [0.25, 0.3) is 0 Å². The highest BCUT2D eigenvalue weighted by Crippen LogP contribution is 2.75. The molecule has 178 valence electrons. The molecular formula is C30H52O. The van der Waals surface area contributed by atoms with Crippen molar-refractivity contribution in [3.63, 3.8) is 0 Å². The largest absolute Gasteiger partial charge is 0.393 e. The fourth-order valence-corrected chi connectivity index (χ4v) is 10.1. The van der Waals surface area contributed by atoms with Crippen molar-refractivity contribution in [1.82, 2.24) is 0 Å². The van der Waals surface area contributed by atoms with Gasteiger partial charge in [0.15, 0.2) is 0 Å². The smallest absolute Gasteiger partial charge is 0.0594 e. The highest BCUT2D eigenvalue weighted by atomic mass is 16.3. The molecule has 0 aromatic heterocycles. The standard InChI is InChI=1S/C30H52O/c1-20(2)10-9-11-21(3)22-14-18-29(7)23(22)12-13-25-28(6)17-16-26(31)27(4,5)24(28)15-19-30(25,29)8/h20,22-26,31H,3,9-19H2,1-2,4-8H3/t22-,23+,24-,25-,26+,28+,29-,30-/m1/s1. The summed E-state index contributed by atoms with van der Waals surface area (Å²) >= 11 is 0. The van der Waals surface area contributed by atoms with Crippen LogP contribution in [0.1, 0.15) is 119 Å². The second-order valence-electron chi connectivity index (χ2n) is 14.1. The van der Waals surface area contributed by atoms with Gasteiger partial charge in [-0.15, -0.1) is 0 Å². The van der Waals surface area contributed by atoms with Crippen molar-refractivity contribution < 1.29 is 5.11 Å². The number of rotatable bonds is 5. The second kappa shape index (κ2) is 7.89. The third-order valence-electron chi connectivity index (χ3n) is 12.2. The number of fused-ring (bicyclic) bond motifs is 5. The number of hydrogen-bond acceptors (Lipinski definition) is 1. The van der Waals surface area contributed by atoms with Crippen LogP contribution in [0.3, 0.4) is 0 Å². The average molecular weight is 429 g/mol. The summed E-state index contributed by atoms with van der Waals surface area (Å²) in [4.78, 5) is 0. The van der Waals surface area contributed by atoms with Gasteiger partial charge in [-0.2, -0.15) is 0 Å². The molecule has 1 N–H and O–H groups in total. The fourth-order valence-electron chi connectivity index (χ4n) is 10.1. The van der Waals surface area contributed by atoms with Gasteiger partial charge in [0.2, 0.25) is 0 Å². The van der Waals surface area contributed by atoms with Crippen molar-refractivity contribution in [2.75, 3.05) is 0 Å². The van der Waals surface area contributed by atoms with E-state index in [1.165, 1.54) is 64.2 Å². The summed E-state index contributed by atoms with van der Waals surface area (Å²) in [6.45, 7) is 22.1. The number of allylic oxidation sites excluding steroid dienone is 1. The summed E-state index contributed by atoms with van der Waals surface area (Å²) in [5.74, 6) is 3.92. The highest BCUT2D eigenvalue weighted by molar-refractivity contribution is 5.20. The quantitative estimate of drug-likeness (QED) is 0.436. The topological polar surface area (TPSA) is 20.2 Å². The molecule has 0 aromatic carbocycles. The van der Waals surface area contributed by atoms with Gasteiger partial charge >= 0.3 is 0 Å². The normalized spacial score (nSPS) is 48.7. The summed E-state index contributed by atoms with van der Waals surface area (Å²) in [6.07, 6.45) is 14.3. The van der Waals surface area contributed by atoms with Crippen molar-refractivity contribution in [2.24, 2.45) is 51.2 Å². The lowest BCUT2D eigenvalue weighted by molar-refractivity contribution is -0.220. The molecule has 31 heavy (non-hydrogen) atoms. The molecule has 0 amide bonds. The van der Waals surface area contributed by atoms with Gasteiger partial charge in [-0.3, -0.25) is 0 Å². The molecule has 0 spiro atoms. The zero-order valence-corrected chi connectivity index (χ0v) is 21.9. The molecule has 0 aromatic rings. The number of aliphatic hydroxyl groups excluding tert-OH is 1. The van der Waals surface area contributed by atoms with E-state index in [0.29, 0.717) is 22.2 Å². The molecule has 0 radical (unpaired) electrons. The van der Waals surface area contributed by atoms with Crippen LogP contribution in [0.2, 0.25) is 0 Å². The molecule has 1 heteroatoms. The monoisotopic (exact) mass is 428 g/mol. The second-order valence-corrected chi connectivity index (χ2v) is 14.1. The lowest BCUT2D eigenvalue weighted by Gasteiger charge is -2.69. The molecule has 0 heterocycles. The first-order chi connectivity index (χ1) is 14.4. The van der Waals surface area contributed by atoms with Crippen molar-refractivity contribution >= 4 is 0 Å². The lowest BCUT2D eigenvalue weighted by atomic mass is 9.35. The minimum atomic E-state index is -0.119. The molecular weight excluding hydrogens is 376 g/mol. The van der Waals surface area contributed by atoms with E-state index >= 15 is 0 Å². The molecule has 4 fully saturated rings. The number of hydrogen-bond donors (Lipinski definition) is 1. The van der Waals surface area contributed by atoms with Crippen molar-refractivity contribution in [3.8, 4) is 0 Å². The van der Waals surface area contributed by atoms with E-state index in [4.69, 9.17) is 0 Å². The summed E-state index contributed by atoms with van der Waals surface area (Å²) in [5.41, 5.74) is 2.96. The molecule has 8 atom stereocenters. The third kappa shape index (κ3) is 3.41. The maximum Gasteiger partial charge on any atom is 0.0594 e. The SMILES string of the molecule is C=C(CCCC(C)C)[C@H]1CC[C@]2(C)[C@H]1CC[C@@H]1[C@@]3(C)CC[C@H](O)C(C)(C)[C@H]3CC[C@]12C. The molecule has 0 unspecified atom stereocenters. The maximum absolute atomic E-state index is 10.8. The van der Waals surface area contributed by atoms with Crippen LogP contribution < -0.4 is 0 Å². The van der Waals surface area contributed by atoms with Crippen LogP contribution in [-0.4, -0.2) is 11.2 Å². The van der Waals surface area contributed by atoms with E-state index in [1.807, 2.05) is 0 Å². The predicted octanol–water partition coefficient (Wildman–Crippen LogP) is 8.41. The van der Waals surface area contributed by atoms with Crippen molar-refractivity contribution in [2.45, 2.75) is 125 Å². The van der Waals surface area contributed by atoms with Gasteiger partial charge in [0.1, 0.15) is 0 Å². The van der Waals surface area contributed by atoms with Crippen LogP contribution in [0.4, 0.5) is 0 Å². The Labute approximate surface area is 193 Å². The predicted molar refractivity (Wildman–Crippen MR) is 133 cm³/mol. The molecule has 4 aliphatic rings. The first kappa shape index (κ1) is 23.8. The minimum Gasteiger partial charge on any atom is -0.393 e. The van der Waals surface area contributed by atoms with E-state index in [0.717, 1.165) is 30.1 Å². The van der Waals surface area contributed by atoms with E-state index in [-0.39, 0.29) is 11.5 Å². The Morgan fingerprint density at radius 2 is 1.55 bits per heavy atom. The number of aliphatic hydroxyl groups is 1. The molecule has 4 rings (SSSR count). The van der Waals surface area contributed by atoms with E-state index < -0.39 is 0 Å².